The first kappa shape index (κ1) is 25.9. The highest BCUT2D eigenvalue weighted by atomic mass is 19.3. The van der Waals surface area contributed by atoms with Crippen molar-refractivity contribution < 1.29 is 41.7 Å². The van der Waals surface area contributed by atoms with Gasteiger partial charge in [-0.05, 0) is 30.7 Å². The van der Waals surface area contributed by atoms with Crippen molar-refractivity contribution in [2.75, 3.05) is 32.1 Å². The van der Waals surface area contributed by atoms with Crippen LogP contribution >= 0.6 is 0 Å². The van der Waals surface area contributed by atoms with E-state index in [1.807, 2.05) is 0 Å². The number of nitrogens with zero attached hydrogens (tertiary/aromatic N) is 3. The van der Waals surface area contributed by atoms with Gasteiger partial charge in [-0.3, -0.25) is 19.5 Å². The molecule has 37 heavy (non-hydrogen) atoms. The molecule has 2 N–H and O–H groups in total. The predicted octanol–water partition coefficient (Wildman–Crippen LogP) is 3.47. The fraction of sp³-hybridized carbons (Fsp3) is 0.292. The monoisotopic (exact) mass is 522 g/mol. The van der Waals surface area contributed by atoms with Crippen LogP contribution in [-0.4, -0.2) is 64.8 Å². The third-order valence-electron chi connectivity index (χ3n) is 5.79. The number of methoxy groups -OCH3 is 1. The standard InChI is InChI=1S/C24H22F4N4O5/c1-36-16-8-17(25)20(18(26)9-16)32-11-19(22(35)31-7-6-13(10-31)12-33)29-24(32)30-21(34)14-2-4-15(5-3-14)37-23(27)28/h2-5,8-9,11,13,23,33H,6-7,10,12H2,1H3,(H,29,30,34). The van der Waals surface area contributed by atoms with Crippen molar-refractivity contribution in [2.24, 2.45) is 5.92 Å². The number of halogens is 4. The highest BCUT2D eigenvalue weighted by molar-refractivity contribution is 6.04. The van der Waals surface area contributed by atoms with Gasteiger partial charge in [0.15, 0.2) is 11.6 Å². The summed E-state index contributed by atoms with van der Waals surface area (Å²) < 4.78 is 64.6. The third kappa shape index (κ3) is 5.66. The van der Waals surface area contributed by atoms with E-state index >= 15 is 0 Å². The number of benzene rings is 2. The van der Waals surface area contributed by atoms with Crippen LogP contribution < -0.4 is 14.8 Å². The van der Waals surface area contributed by atoms with Crippen molar-refractivity contribution >= 4 is 17.8 Å². The molecule has 2 aromatic carbocycles. The van der Waals surface area contributed by atoms with Gasteiger partial charge in [-0.2, -0.15) is 8.78 Å². The Labute approximate surface area is 208 Å². The molecule has 0 radical (unpaired) electrons. The lowest BCUT2D eigenvalue weighted by atomic mass is 10.1. The second-order valence-electron chi connectivity index (χ2n) is 8.20. The molecule has 2 amide bonds. The van der Waals surface area contributed by atoms with Crippen LogP contribution in [0.2, 0.25) is 0 Å². The largest absolute Gasteiger partial charge is 0.497 e. The Bertz CT molecular complexity index is 1280. The summed E-state index contributed by atoms with van der Waals surface area (Å²) in [5.74, 6) is -4.13. The zero-order valence-electron chi connectivity index (χ0n) is 19.5. The SMILES string of the molecule is COc1cc(F)c(-n2cc(C(=O)N3CCC(CO)C3)nc2NC(=O)c2ccc(OC(F)F)cc2)c(F)c1. The van der Waals surface area contributed by atoms with Crippen LogP contribution in [0.4, 0.5) is 23.5 Å². The van der Waals surface area contributed by atoms with Crippen molar-refractivity contribution in [2.45, 2.75) is 13.0 Å². The van der Waals surface area contributed by atoms with Gasteiger partial charge in [0, 0.05) is 49.5 Å². The lowest BCUT2D eigenvalue weighted by molar-refractivity contribution is -0.0498. The van der Waals surface area contributed by atoms with Crippen molar-refractivity contribution in [3.05, 3.63) is 65.5 Å². The number of carbonyl (C=O) groups excluding carboxylic acids is 2. The van der Waals surface area contributed by atoms with Gasteiger partial charge in [0.05, 0.1) is 7.11 Å². The first-order valence-corrected chi connectivity index (χ1v) is 11.1. The predicted molar refractivity (Wildman–Crippen MR) is 122 cm³/mol. The van der Waals surface area contributed by atoms with Crippen LogP contribution in [0.25, 0.3) is 5.69 Å². The fourth-order valence-electron chi connectivity index (χ4n) is 3.92. The van der Waals surface area contributed by atoms with E-state index in [9.17, 15) is 32.3 Å². The number of hydrogen-bond donors (Lipinski definition) is 2. The average molecular weight is 522 g/mol. The summed E-state index contributed by atoms with van der Waals surface area (Å²) in [5, 5.41) is 11.8. The minimum atomic E-state index is -3.04. The van der Waals surface area contributed by atoms with E-state index in [4.69, 9.17) is 4.74 Å². The van der Waals surface area contributed by atoms with Gasteiger partial charge in [0.25, 0.3) is 11.8 Å². The summed E-state index contributed by atoms with van der Waals surface area (Å²) in [6.07, 6.45) is 1.68. The van der Waals surface area contributed by atoms with E-state index in [-0.39, 0.29) is 47.8 Å². The molecule has 13 heteroatoms. The molecule has 0 spiro atoms. The second kappa shape index (κ2) is 10.9. The number of aliphatic hydroxyl groups excluding tert-OH is 1. The summed E-state index contributed by atoms with van der Waals surface area (Å²) in [5.41, 5.74) is -0.799. The minimum absolute atomic E-state index is 0.00467. The van der Waals surface area contributed by atoms with Crippen LogP contribution in [-0.2, 0) is 0 Å². The first-order chi connectivity index (χ1) is 17.7. The number of hydrogen-bond acceptors (Lipinski definition) is 6. The number of likely N-dealkylation sites (tertiary alicyclic amines) is 1. The van der Waals surface area contributed by atoms with Crippen LogP contribution in [0.15, 0.2) is 42.6 Å². The maximum absolute atomic E-state index is 14.9. The molecular weight excluding hydrogens is 500 g/mol. The van der Waals surface area contributed by atoms with E-state index in [2.05, 4.69) is 15.0 Å². The number of aromatic nitrogens is 2. The Morgan fingerprint density at radius 1 is 1.16 bits per heavy atom. The molecule has 3 aromatic rings. The van der Waals surface area contributed by atoms with Crippen molar-refractivity contribution in [1.82, 2.24) is 14.5 Å². The van der Waals surface area contributed by atoms with E-state index in [1.165, 1.54) is 24.1 Å². The number of alkyl halides is 2. The molecule has 1 aliphatic heterocycles. The third-order valence-corrected chi connectivity index (χ3v) is 5.79. The van der Waals surface area contributed by atoms with Gasteiger partial charge in [-0.25, -0.2) is 13.8 Å². The lowest BCUT2D eigenvalue weighted by Gasteiger charge is -2.14. The van der Waals surface area contributed by atoms with Crippen molar-refractivity contribution in [3.8, 4) is 17.2 Å². The molecule has 1 aliphatic rings. The van der Waals surface area contributed by atoms with Crippen molar-refractivity contribution in [3.63, 3.8) is 0 Å². The Balaban J connectivity index is 1.69. The summed E-state index contributed by atoms with van der Waals surface area (Å²) in [6.45, 7) is -2.50. The Kier molecular flexibility index (Phi) is 7.62. The molecular formula is C24H22F4N4O5. The first-order valence-electron chi connectivity index (χ1n) is 11.1. The minimum Gasteiger partial charge on any atom is -0.497 e. The Morgan fingerprint density at radius 2 is 1.84 bits per heavy atom. The molecule has 0 saturated carbocycles. The number of carbonyl (C=O) groups is 2. The number of imidazole rings is 1. The molecule has 1 aromatic heterocycles. The smallest absolute Gasteiger partial charge is 0.387 e. The molecule has 0 aliphatic carbocycles. The fourth-order valence-corrected chi connectivity index (χ4v) is 3.92. The molecule has 1 atom stereocenters. The maximum atomic E-state index is 14.9. The Morgan fingerprint density at radius 3 is 2.41 bits per heavy atom. The number of rotatable bonds is 8. The molecule has 4 rings (SSSR count). The van der Waals surface area contributed by atoms with E-state index in [1.54, 1.807) is 0 Å². The van der Waals surface area contributed by atoms with Gasteiger partial charge in [0.2, 0.25) is 5.95 Å². The van der Waals surface area contributed by atoms with Crippen LogP contribution in [0.1, 0.15) is 27.3 Å². The number of ether oxygens (including phenoxy) is 2. The molecule has 9 nitrogen and oxygen atoms in total. The average Bonchev–Trinajstić information content (AvgIpc) is 3.51. The number of aliphatic hydroxyl groups is 1. The Hall–Kier alpha value is -4.13. The van der Waals surface area contributed by atoms with E-state index in [0.717, 1.165) is 35.0 Å². The quantitative estimate of drug-likeness (QED) is 0.439. The van der Waals surface area contributed by atoms with Gasteiger partial charge in [-0.15, -0.1) is 0 Å². The highest BCUT2D eigenvalue weighted by Gasteiger charge is 2.30. The summed E-state index contributed by atoms with van der Waals surface area (Å²) >= 11 is 0. The van der Waals surface area contributed by atoms with Gasteiger partial charge in [0.1, 0.15) is 22.9 Å². The molecule has 1 fully saturated rings. The van der Waals surface area contributed by atoms with Gasteiger partial charge >= 0.3 is 6.61 Å². The zero-order chi connectivity index (χ0) is 26.7. The molecule has 0 bridgehead atoms. The van der Waals surface area contributed by atoms with Crippen LogP contribution in [0.3, 0.4) is 0 Å². The lowest BCUT2D eigenvalue weighted by Crippen LogP contribution is -2.29. The molecule has 1 unspecified atom stereocenters. The summed E-state index contributed by atoms with van der Waals surface area (Å²) in [4.78, 5) is 31.4. The molecule has 1 saturated heterocycles. The number of anilines is 1. The van der Waals surface area contributed by atoms with Crippen LogP contribution in [0, 0.1) is 17.6 Å². The summed E-state index contributed by atoms with van der Waals surface area (Å²) in [7, 11) is 1.24. The van der Waals surface area contributed by atoms with Gasteiger partial charge < -0.3 is 19.5 Å². The van der Waals surface area contributed by atoms with E-state index in [0.29, 0.717) is 13.0 Å². The highest BCUT2D eigenvalue weighted by Crippen LogP contribution is 2.28. The summed E-state index contributed by atoms with van der Waals surface area (Å²) in [6, 6.07) is 6.58. The molecule has 196 valence electrons. The topological polar surface area (TPSA) is 106 Å². The molecule has 2 heterocycles. The van der Waals surface area contributed by atoms with Gasteiger partial charge in [-0.1, -0.05) is 0 Å². The normalized spacial score (nSPS) is 15.2. The number of amides is 2. The zero-order valence-corrected chi connectivity index (χ0v) is 19.5. The second-order valence-corrected chi connectivity index (χ2v) is 8.20. The van der Waals surface area contributed by atoms with Crippen molar-refractivity contribution in [1.29, 1.82) is 0 Å². The van der Waals surface area contributed by atoms with E-state index < -0.39 is 35.7 Å². The van der Waals surface area contributed by atoms with Crippen LogP contribution in [0.5, 0.6) is 11.5 Å². The number of nitrogens with one attached hydrogen (secondary N) is 1. The maximum Gasteiger partial charge on any atom is 0.387 e.